The van der Waals surface area contributed by atoms with Gasteiger partial charge >= 0.3 is 5.97 Å². The molecule has 0 amide bonds. The minimum Gasteiger partial charge on any atom is -0.494 e. The number of nitrogens with one attached hydrogen (secondary N) is 1. The SMILES string of the molecule is CCOC(=O)c1cnc2c(ccc3ccccc32)c1Nc1ccc(OCC)cc1. The van der Waals surface area contributed by atoms with E-state index in [4.69, 9.17) is 9.47 Å². The summed E-state index contributed by atoms with van der Waals surface area (Å²) < 4.78 is 10.8. The van der Waals surface area contributed by atoms with Crippen LogP contribution < -0.4 is 10.1 Å². The first-order valence-electron chi connectivity index (χ1n) is 9.68. The fraction of sp³-hybridized carbons (Fsp3) is 0.167. The van der Waals surface area contributed by atoms with Gasteiger partial charge in [-0.15, -0.1) is 0 Å². The standard InChI is InChI=1S/C24H22N2O3/c1-3-28-18-12-10-17(11-13-18)26-23-20-14-9-16-7-5-6-8-19(16)22(20)25-15-21(23)24(27)29-4-2/h5-15H,3-4H2,1-2H3,(H,25,26). The molecule has 0 atom stereocenters. The van der Waals surface area contributed by atoms with Crippen LogP contribution in [0.15, 0.2) is 66.9 Å². The molecule has 1 N–H and O–H groups in total. The number of ether oxygens (including phenoxy) is 2. The van der Waals surface area contributed by atoms with Gasteiger partial charge in [-0.3, -0.25) is 4.98 Å². The van der Waals surface area contributed by atoms with Crippen LogP contribution in [-0.2, 0) is 4.74 Å². The highest BCUT2D eigenvalue weighted by Crippen LogP contribution is 2.34. The first-order valence-corrected chi connectivity index (χ1v) is 9.68. The maximum atomic E-state index is 12.6. The average Bonchev–Trinajstić information content (AvgIpc) is 2.75. The average molecular weight is 386 g/mol. The Kier molecular flexibility index (Phi) is 5.29. The van der Waals surface area contributed by atoms with Gasteiger partial charge in [0, 0.05) is 22.7 Å². The Morgan fingerprint density at radius 3 is 2.48 bits per heavy atom. The third-order valence-electron chi connectivity index (χ3n) is 4.69. The molecule has 4 aromatic rings. The topological polar surface area (TPSA) is 60.5 Å². The minimum absolute atomic E-state index is 0.303. The Morgan fingerprint density at radius 1 is 0.931 bits per heavy atom. The molecule has 0 fully saturated rings. The zero-order valence-corrected chi connectivity index (χ0v) is 16.4. The first kappa shape index (κ1) is 18.7. The number of esters is 1. The lowest BCUT2D eigenvalue weighted by Crippen LogP contribution is -2.09. The minimum atomic E-state index is -0.400. The highest BCUT2D eigenvalue weighted by atomic mass is 16.5. The molecule has 5 heteroatoms. The van der Waals surface area contributed by atoms with E-state index in [9.17, 15) is 4.79 Å². The Hall–Kier alpha value is -3.60. The number of anilines is 2. The van der Waals surface area contributed by atoms with Crippen LogP contribution in [0, 0.1) is 0 Å². The Morgan fingerprint density at radius 2 is 1.72 bits per heavy atom. The monoisotopic (exact) mass is 386 g/mol. The lowest BCUT2D eigenvalue weighted by atomic mass is 10.0. The molecular weight excluding hydrogens is 364 g/mol. The van der Waals surface area contributed by atoms with Crippen LogP contribution in [0.5, 0.6) is 5.75 Å². The summed E-state index contributed by atoms with van der Waals surface area (Å²) in [5, 5.41) is 6.39. The largest absolute Gasteiger partial charge is 0.494 e. The molecule has 4 rings (SSSR count). The number of benzene rings is 3. The van der Waals surface area contributed by atoms with E-state index in [1.54, 1.807) is 13.1 Å². The molecule has 0 saturated carbocycles. The van der Waals surface area contributed by atoms with Crippen molar-refractivity contribution in [3.05, 3.63) is 72.4 Å². The van der Waals surface area contributed by atoms with E-state index in [0.29, 0.717) is 24.5 Å². The van der Waals surface area contributed by atoms with Crippen molar-refractivity contribution in [2.75, 3.05) is 18.5 Å². The quantitative estimate of drug-likeness (QED) is 0.340. The molecule has 0 aliphatic carbocycles. The second-order valence-electron chi connectivity index (χ2n) is 6.53. The summed E-state index contributed by atoms with van der Waals surface area (Å²) in [5.74, 6) is 0.401. The van der Waals surface area contributed by atoms with Crippen molar-refractivity contribution >= 4 is 39.0 Å². The van der Waals surface area contributed by atoms with Gasteiger partial charge in [0.15, 0.2) is 0 Å². The summed E-state index contributed by atoms with van der Waals surface area (Å²) in [6.45, 7) is 4.66. The van der Waals surface area contributed by atoms with Gasteiger partial charge in [-0.05, 0) is 43.5 Å². The fourth-order valence-corrected chi connectivity index (χ4v) is 3.38. The lowest BCUT2D eigenvalue weighted by molar-refractivity contribution is 0.0527. The summed E-state index contributed by atoms with van der Waals surface area (Å²) in [7, 11) is 0. The number of carbonyl (C=O) groups excluding carboxylic acids is 1. The van der Waals surface area contributed by atoms with Crippen LogP contribution >= 0.6 is 0 Å². The normalized spacial score (nSPS) is 10.8. The molecule has 146 valence electrons. The Labute approximate surface area is 169 Å². The molecular formula is C24H22N2O3. The van der Waals surface area contributed by atoms with Crippen LogP contribution in [0.2, 0.25) is 0 Å². The van der Waals surface area contributed by atoms with E-state index < -0.39 is 5.97 Å². The van der Waals surface area contributed by atoms with Gasteiger partial charge in [-0.25, -0.2) is 4.79 Å². The van der Waals surface area contributed by atoms with Crippen molar-refractivity contribution in [3.63, 3.8) is 0 Å². The van der Waals surface area contributed by atoms with Gasteiger partial charge in [0.2, 0.25) is 0 Å². The van der Waals surface area contributed by atoms with Crippen molar-refractivity contribution in [1.82, 2.24) is 4.98 Å². The predicted molar refractivity (Wildman–Crippen MR) is 116 cm³/mol. The summed E-state index contributed by atoms with van der Waals surface area (Å²) in [4.78, 5) is 17.2. The summed E-state index contributed by atoms with van der Waals surface area (Å²) in [5.41, 5.74) is 2.77. The number of carbonyl (C=O) groups is 1. The highest BCUT2D eigenvalue weighted by molar-refractivity contribution is 6.13. The zero-order valence-electron chi connectivity index (χ0n) is 16.4. The second-order valence-corrected chi connectivity index (χ2v) is 6.53. The molecule has 0 radical (unpaired) electrons. The maximum Gasteiger partial charge on any atom is 0.341 e. The molecule has 0 bridgehead atoms. The lowest BCUT2D eigenvalue weighted by Gasteiger charge is -2.15. The molecule has 1 aromatic heterocycles. The van der Waals surface area contributed by atoms with Crippen LogP contribution in [-0.4, -0.2) is 24.2 Å². The maximum absolute atomic E-state index is 12.6. The Balaban J connectivity index is 1.86. The third kappa shape index (κ3) is 3.72. The van der Waals surface area contributed by atoms with Crippen molar-refractivity contribution in [2.45, 2.75) is 13.8 Å². The third-order valence-corrected chi connectivity index (χ3v) is 4.69. The first-order chi connectivity index (χ1) is 14.2. The number of rotatable bonds is 6. The van der Waals surface area contributed by atoms with Gasteiger partial charge in [-0.2, -0.15) is 0 Å². The van der Waals surface area contributed by atoms with Crippen LogP contribution in [0.3, 0.4) is 0 Å². The Bertz CT molecular complexity index is 1170. The van der Waals surface area contributed by atoms with Gasteiger partial charge in [0.05, 0.1) is 24.4 Å². The molecule has 0 aliphatic rings. The van der Waals surface area contributed by atoms with E-state index in [2.05, 4.69) is 16.4 Å². The number of hydrogen-bond acceptors (Lipinski definition) is 5. The molecule has 0 unspecified atom stereocenters. The highest BCUT2D eigenvalue weighted by Gasteiger charge is 2.18. The van der Waals surface area contributed by atoms with Crippen LogP contribution in [0.4, 0.5) is 11.4 Å². The number of aromatic nitrogens is 1. The molecule has 0 spiro atoms. The van der Waals surface area contributed by atoms with E-state index in [-0.39, 0.29) is 0 Å². The second kappa shape index (κ2) is 8.19. The van der Waals surface area contributed by atoms with Gasteiger partial charge in [0.1, 0.15) is 11.3 Å². The van der Waals surface area contributed by atoms with Crippen LogP contribution in [0.25, 0.3) is 21.7 Å². The van der Waals surface area contributed by atoms with Crippen molar-refractivity contribution < 1.29 is 14.3 Å². The van der Waals surface area contributed by atoms with E-state index in [0.717, 1.165) is 33.1 Å². The summed E-state index contributed by atoms with van der Waals surface area (Å²) in [6.07, 6.45) is 1.59. The number of hydrogen-bond donors (Lipinski definition) is 1. The zero-order chi connectivity index (χ0) is 20.2. The van der Waals surface area contributed by atoms with E-state index in [1.807, 2.05) is 61.5 Å². The molecule has 0 aliphatic heterocycles. The molecule has 5 nitrogen and oxygen atoms in total. The molecule has 29 heavy (non-hydrogen) atoms. The van der Waals surface area contributed by atoms with E-state index in [1.165, 1.54) is 0 Å². The van der Waals surface area contributed by atoms with Gasteiger partial charge < -0.3 is 14.8 Å². The molecule has 1 heterocycles. The van der Waals surface area contributed by atoms with Crippen molar-refractivity contribution in [1.29, 1.82) is 0 Å². The number of pyridine rings is 1. The van der Waals surface area contributed by atoms with Crippen molar-refractivity contribution in [3.8, 4) is 5.75 Å². The van der Waals surface area contributed by atoms with Crippen LogP contribution in [0.1, 0.15) is 24.2 Å². The molecule has 0 saturated heterocycles. The smallest absolute Gasteiger partial charge is 0.341 e. The summed E-state index contributed by atoms with van der Waals surface area (Å²) >= 11 is 0. The fourth-order valence-electron chi connectivity index (χ4n) is 3.38. The number of nitrogens with zero attached hydrogens (tertiary/aromatic N) is 1. The molecule has 3 aromatic carbocycles. The van der Waals surface area contributed by atoms with Crippen molar-refractivity contribution in [2.24, 2.45) is 0 Å². The van der Waals surface area contributed by atoms with Gasteiger partial charge in [-0.1, -0.05) is 36.4 Å². The van der Waals surface area contributed by atoms with E-state index >= 15 is 0 Å². The number of fused-ring (bicyclic) bond motifs is 3. The predicted octanol–water partition coefficient (Wildman–Crippen LogP) is 5.71. The van der Waals surface area contributed by atoms with Gasteiger partial charge in [0.25, 0.3) is 0 Å². The summed E-state index contributed by atoms with van der Waals surface area (Å²) in [6, 6.07) is 19.7.